The number of aryl methyl sites for hydroxylation is 2. The normalized spacial score (nSPS) is 16.4. The van der Waals surface area contributed by atoms with Crippen molar-refractivity contribution >= 4 is 46.8 Å². The average Bonchev–Trinajstić information content (AvgIpc) is 3.72. The van der Waals surface area contributed by atoms with Gasteiger partial charge in [-0.15, -0.1) is 10.2 Å². The zero-order chi connectivity index (χ0) is 33.9. The van der Waals surface area contributed by atoms with Gasteiger partial charge in [0.1, 0.15) is 13.2 Å². The predicted octanol–water partition coefficient (Wildman–Crippen LogP) is 4.15. The van der Waals surface area contributed by atoms with Gasteiger partial charge in [-0.1, -0.05) is 35.9 Å². The van der Waals surface area contributed by atoms with E-state index in [0.717, 1.165) is 42.9 Å². The molecule has 15 heteroatoms. The van der Waals surface area contributed by atoms with Crippen molar-refractivity contribution in [2.75, 3.05) is 23.8 Å². The van der Waals surface area contributed by atoms with Crippen LogP contribution in [0.2, 0.25) is 5.15 Å². The molecule has 0 saturated heterocycles. The van der Waals surface area contributed by atoms with Crippen LogP contribution < -0.4 is 22.1 Å². The zero-order valence-electron chi connectivity index (χ0n) is 25.7. The molecule has 0 bridgehead atoms. The van der Waals surface area contributed by atoms with E-state index in [2.05, 4.69) is 35.8 Å². The number of amides is 2. The molecule has 0 radical (unpaired) electrons. The van der Waals surface area contributed by atoms with Crippen molar-refractivity contribution in [2.45, 2.75) is 37.8 Å². The molecule has 0 fully saturated rings. The maximum atomic E-state index is 12.8. The second-order valence-corrected chi connectivity index (χ2v) is 11.2. The van der Waals surface area contributed by atoms with Crippen LogP contribution in [-0.2, 0) is 22.3 Å². The number of hydrogen-bond donors (Lipinski definition) is 4. The molecule has 2 aromatic heterocycles. The number of pyridine rings is 1. The first-order chi connectivity index (χ1) is 23.2. The van der Waals surface area contributed by atoms with E-state index >= 15 is 0 Å². The molecule has 2 amide bonds. The van der Waals surface area contributed by atoms with Crippen LogP contribution in [0.1, 0.15) is 44.8 Å². The molecule has 2 aromatic carbocycles. The molecule has 48 heavy (non-hydrogen) atoms. The minimum absolute atomic E-state index is 0.107. The number of aliphatic imine (C=N–C) groups is 2. The Hall–Kier alpha value is -5.63. The van der Waals surface area contributed by atoms with Crippen LogP contribution in [0.3, 0.4) is 0 Å². The standard InChI is InChI=1S/C17H17FN4O2.C16H16ClN5O2/c18-15-8-4-12(9-20-15)16(23)21-13-5-1-11(2-6-13)3-7-14-10-24-17(19)22-14;17-14-8-7-13(21-22-14)15(23)19-11-4-1-10(2-5-11)3-6-12-9-24-16(18)20-12/h1-2,4-6,8-9,14H,3,7,10H2,(H2,19,22)(H,21,23);1-2,4-5,7-8,12H,3,6,9H2,(H2,18,20)(H,19,23)/t14-;12-/m00/s1. The number of nitrogens with one attached hydrogen (secondary N) is 2. The van der Waals surface area contributed by atoms with E-state index in [9.17, 15) is 14.0 Å². The minimum atomic E-state index is -0.616. The van der Waals surface area contributed by atoms with Crippen molar-refractivity contribution in [3.05, 3.63) is 112 Å². The van der Waals surface area contributed by atoms with E-state index in [0.29, 0.717) is 30.2 Å². The number of rotatable bonds is 10. The van der Waals surface area contributed by atoms with Crippen molar-refractivity contribution in [2.24, 2.45) is 21.5 Å². The maximum absolute atomic E-state index is 12.8. The van der Waals surface area contributed by atoms with Crippen LogP contribution in [0.4, 0.5) is 15.8 Å². The SMILES string of the molecule is NC1=N[C@@H](CCc2ccc(NC(=O)c3ccc(Cl)nn3)cc2)CO1.NC1=N[C@@H](CCc2ccc(NC(=O)c3ccc(F)nc3)cc2)CO1. The Bertz CT molecular complexity index is 1620. The molecular weight excluding hydrogens is 641 g/mol. The molecule has 6 N–H and O–H groups in total. The quantitative estimate of drug-likeness (QED) is 0.179. The fraction of sp³-hybridized carbons (Fsp3) is 0.242. The Kier molecular flexibility index (Phi) is 11.4. The van der Waals surface area contributed by atoms with E-state index in [4.69, 9.17) is 32.5 Å². The fourth-order valence-electron chi connectivity index (χ4n) is 4.69. The Balaban J connectivity index is 0.000000188. The van der Waals surface area contributed by atoms with Crippen LogP contribution in [0.5, 0.6) is 0 Å². The van der Waals surface area contributed by atoms with Crippen LogP contribution in [0.25, 0.3) is 0 Å². The van der Waals surface area contributed by atoms with Crippen LogP contribution in [0.15, 0.2) is 89.0 Å². The van der Waals surface area contributed by atoms with Crippen molar-refractivity contribution in [3.63, 3.8) is 0 Å². The highest BCUT2D eigenvalue weighted by Crippen LogP contribution is 2.17. The number of hydrogen-bond acceptors (Lipinski definition) is 11. The summed E-state index contributed by atoms with van der Waals surface area (Å²) in [4.78, 5) is 35.9. The predicted molar refractivity (Wildman–Crippen MR) is 179 cm³/mol. The van der Waals surface area contributed by atoms with Gasteiger partial charge in [-0.2, -0.15) is 4.39 Å². The van der Waals surface area contributed by atoms with Crippen LogP contribution in [-0.4, -0.2) is 64.3 Å². The lowest BCUT2D eigenvalue weighted by Crippen LogP contribution is -2.14. The highest BCUT2D eigenvalue weighted by molar-refractivity contribution is 6.29. The molecule has 2 aliphatic rings. The average molecular weight is 674 g/mol. The lowest BCUT2D eigenvalue weighted by Gasteiger charge is -2.08. The number of amidine groups is 2. The Morgan fingerprint density at radius 2 is 1.29 bits per heavy atom. The molecule has 0 unspecified atom stereocenters. The Morgan fingerprint density at radius 1 is 0.750 bits per heavy atom. The first-order valence-corrected chi connectivity index (χ1v) is 15.4. The zero-order valence-corrected chi connectivity index (χ0v) is 26.4. The summed E-state index contributed by atoms with van der Waals surface area (Å²) in [6.07, 6.45) is 4.64. The van der Waals surface area contributed by atoms with Gasteiger partial charge < -0.3 is 31.6 Å². The van der Waals surface area contributed by atoms with E-state index in [1.54, 1.807) is 0 Å². The first-order valence-electron chi connectivity index (χ1n) is 15.0. The van der Waals surface area contributed by atoms with Gasteiger partial charge in [-0.05, 0) is 85.3 Å². The highest BCUT2D eigenvalue weighted by Gasteiger charge is 2.17. The lowest BCUT2D eigenvalue weighted by molar-refractivity contribution is 0.101. The summed E-state index contributed by atoms with van der Waals surface area (Å²) in [5.74, 6) is -1.28. The summed E-state index contributed by atoms with van der Waals surface area (Å²) < 4.78 is 23.0. The first kappa shape index (κ1) is 33.7. The van der Waals surface area contributed by atoms with Crippen molar-refractivity contribution < 1.29 is 23.5 Å². The molecule has 4 heterocycles. The molecular formula is C33H33ClFN9O4. The molecule has 6 rings (SSSR count). The molecule has 0 saturated carbocycles. The molecule has 2 aliphatic heterocycles. The molecule has 13 nitrogen and oxygen atoms in total. The summed E-state index contributed by atoms with van der Waals surface area (Å²) >= 11 is 5.65. The number of nitrogens with two attached hydrogens (primary N) is 2. The molecule has 4 aromatic rings. The number of ether oxygens (including phenoxy) is 2. The summed E-state index contributed by atoms with van der Waals surface area (Å²) in [6, 6.07) is 21.5. The van der Waals surface area contributed by atoms with Gasteiger partial charge in [-0.3, -0.25) is 9.59 Å². The third-order valence-corrected chi connectivity index (χ3v) is 7.48. The number of anilines is 2. The van der Waals surface area contributed by atoms with Crippen molar-refractivity contribution in [3.8, 4) is 0 Å². The number of nitrogens with zero attached hydrogens (tertiary/aromatic N) is 5. The summed E-state index contributed by atoms with van der Waals surface area (Å²) in [5, 5.41) is 13.1. The van der Waals surface area contributed by atoms with Gasteiger partial charge in [0, 0.05) is 17.6 Å². The van der Waals surface area contributed by atoms with Gasteiger partial charge >= 0.3 is 0 Å². The molecule has 248 valence electrons. The largest absolute Gasteiger partial charge is 0.463 e. The number of carbonyl (C=O) groups excluding carboxylic acids is 2. The van der Waals surface area contributed by atoms with E-state index in [1.807, 2.05) is 48.5 Å². The topological polar surface area (TPSA) is 192 Å². The third kappa shape index (κ3) is 10.2. The molecule has 0 spiro atoms. The number of benzene rings is 2. The third-order valence-electron chi connectivity index (χ3n) is 7.28. The fourth-order valence-corrected chi connectivity index (χ4v) is 4.79. The lowest BCUT2D eigenvalue weighted by atomic mass is 10.1. The Labute approximate surface area is 280 Å². The smallest absolute Gasteiger partial charge is 0.282 e. The summed E-state index contributed by atoms with van der Waals surface area (Å²) in [6.45, 7) is 1.08. The van der Waals surface area contributed by atoms with Gasteiger partial charge in [0.15, 0.2) is 10.8 Å². The van der Waals surface area contributed by atoms with E-state index < -0.39 is 5.95 Å². The summed E-state index contributed by atoms with van der Waals surface area (Å²) in [5.41, 5.74) is 15.1. The van der Waals surface area contributed by atoms with Gasteiger partial charge in [0.25, 0.3) is 23.9 Å². The molecule has 2 atom stereocenters. The second-order valence-electron chi connectivity index (χ2n) is 10.9. The highest BCUT2D eigenvalue weighted by atomic mass is 35.5. The van der Waals surface area contributed by atoms with Crippen molar-refractivity contribution in [1.82, 2.24) is 15.2 Å². The number of carbonyl (C=O) groups is 2. The van der Waals surface area contributed by atoms with Gasteiger partial charge in [0.2, 0.25) is 5.95 Å². The molecule has 0 aliphatic carbocycles. The monoisotopic (exact) mass is 673 g/mol. The minimum Gasteiger partial charge on any atom is -0.463 e. The van der Waals surface area contributed by atoms with Crippen molar-refractivity contribution in [1.29, 1.82) is 0 Å². The number of halogens is 2. The second kappa shape index (κ2) is 16.3. The van der Waals surface area contributed by atoms with E-state index in [1.165, 1.54) is 24.4 Å². The number of aromatic nitrogens is 3. The maximum Gasteiger partial charge on any atom is 0.282 e. The van der Waals surface area contributed by atoms with Gasteiger partial charge in [0.05, 0.1) is 17.6 Å². The van der Waals surface area contributed by atoms with Gasteiger partial charge in [-0.25, -0.2) is 15.0 Å². The van der Waals surface area contributed by atoms with Crippen LogP contribution in [0, 0.1) is 5.95 Å². The van der Waals surface area contributed by atoms with E-state index in [-0.39, 0.29) is 46.8 Å². The summed E-state index contributed by atoms with van der Waals surface area (Å²) in [7, 11) is 0. The Morgan fingerprint density at radius 3 is 1.73 bits per heavy atom. The van der Waals surface area contributed by atoms with Crippen LogP contribution >= 0.6 is 11.6 Å².